The summed E-state index contributed by atoms with van der Waals surface area (Å²) in [6.07, 6.45) is 0.383. The van der Waals surface area contributed by atoms with E-state index in [4.69, 9.17) is 5.11 Å². The zero-order chi connectivity index (χ0) is 13.8. The molecule has 2 aromatic rings. The van der Waals surface area contributed by atoms with Crippen molar-refractivity contribution in [3.8, 4) is 0 Å². The van der Waals surface area contributed by atoms with Crippen LogP contribution >= 0.6 is 0 Å². The monoisotopic (exact) mass is 264 g/mol. The number of hydrogen-bond acceptors (Lipinski definition) is 2. The van der Waals surface area contributed by atoms with E-state index in [9.17, 15) is 14.0 Å². The number of halogens is 1. The molecule has 0 atom stereocenters. The molecule has 0 bridgehead atoms. The molecule has 0 aliphatic heterocycles. The van der Waals surface area contributed by atoms with Crippen molar-refractivity contribution in [1.82, 2.24) is 10.3 Å². The summed E-state index contributed by atoms with van der Waals surface area (Å²) < 4.78 is 13.0. The van der Waals surface area contributed by atoms with Crippen molar-refractivity contribution in [2.75, 3.05) is 6.54 Å². The first-order chi connectivity index (χ1) is 9.06. The molecule has 1 aromatic carbocycles. The number of carboxylic acids is 1. The van der Waals surface area contributed by atoms with Crippen LogP contribution in [0.5, 0.6) is 0 Å². The highest BCUT2D eigenvalue weighted by Gasteiger charge is 2.09. The number of aliphatic carboxylic acids is 1. The molecule has 0 unspecified atom stereocenters. The minimum atomic E-state index is -0.893. The highest BCUT2D eigenvalue weighted by molar-refractivity contribution is 5.97. The fourth-order valence-electron chi connectivity index (χ4n) is 1.76. The number of rotatable bonds is 5. The average Bonchev–Trinajstić information content (AvgIpc) is 2.77. The number of amides is 1. The van der Waals surface area contributed by atoms with Crippen molar-refractivity contribution in [3.05, 3.63) is 35.8 Å². The Morgan fingerprint density at radius 3 is 2.84 bits per heavy atom. The smallest absolute Gasteiger partial charge is 0.303 e. The third-order valence-electron chi connectivity index (χ3n) is 2.68. The van der Waals surface area contributed by atoms with Crippen LogP contribution in [-0.2, 0) is 4.79 Å². The van der Waals surface area contributed by atoms with Crippen LogP contribution in [0.4, 0.5) is 4.39 Å². The molecule has 1 aromatic heterocycles. The average molecular weight is 264 g/mol. The number of H-pyrrole nitrogens is 1. The molecule has 100 valence electrons. The third-order valence-corrected chi connectivity index (χ3v) is 2.68. The Hall–Kier alpha value is -2.37. The number of carbonyl (C=O) groups excluding carboxylic acids is 1. The van der Waals surface area contributed by atoms with Gasteiger partial charge in [0.1, 0.15) is 11.5 Å². The second-order valence-corrected chi connectivity index (χ2v) is 4.17. The molecule has 1 heterocycles. The lowest BCUT2D eigenvalue weighted by atomic mass is 10.2. The number of fused-ring (bicyclic) bond motifs is 1. The van der Waals surface area contributed by atoms with Gasteiger partial charge in [0.2, 0.25) is 0 Å². The topological polar surface area (TPSA) is 82.2 Å². The van der Waals surface area contributed by atoms with E-state index in [1.165, 1.54) is 12.1 Å². The Kier molecular flexibility index (Phi) is 3.79. The Morgan fingerprint density at radius 2 is 2.11 bits per heavy atom. The minimum Gasteiger partial charge on any atom is -0.481 e. The first-order valence-corrected chi connectivity index (χ1v) is 5.84. The third kappa shape index (κ3) is 3.31. The molecule has 0 spiro atoms. The zero-order valence-corrected chi connectivity index (χ0v) is 10.1. The number of carbonyl (C=O) groups is 2. The molecular weight excluding hydrogens is 251 g/mol. The van der Waals surface area contributed by atoms with Gasteiger partial charge in [0.15, 0.2) is 0 Å². The number of aromatic nitrogens is 1. The summed E-state index contributed by atoms with van der Waals surface area (Å²) in [6, 6.07) is 5.78. The van der Waals surface area contributed by atoms with Crippen molar-refractivity contribution in [2.45, 2.75) is 12.8 Å². The molecule has 2 rings (SSSR count). The predicted octanol–water partition coefficient (Wildman–Crippen LogP) is 1.90. The van der Waals surface area contributed by atoms with E-state index in [2.05, 4.69) is 10.3 Å². The van der Waals surface area contributed by atoms with Crippen molar-refractivity contribution in [3.63, 3.8) is 0 Å². The summed E-state index contributed by atoms with van der Waals surface area (Å²) in [5.41, 5.74) is 1.01. The lowest BCUT2D eigenvalue weighted by Crippen LogP contribution is -2.25. The SMILES string of the molecule is O=C(O)CCCNC(=O)c1cc2cc(F)ccc2[nH]1. The molecule has 0 aliphatic carbocycles. The lowest BCUT2D eigenvalue weighted by Gasteiger charge is -2.01. The molecule has 1 amide bonds. The van der Waals surface area contributed by atoms with Gasteiger partial charge in [0.05, 0.1) is 0 Å². The quantitative estimate of drug-likeness (QED) is 0.721. The Morgan fingerprint density at radius 1 is 1.32 bits per heavy atom. The van der Waals surface area contributed by atoms with Gasteiger partial charge in [-0.2, -0.15) is 0 Å². The molecule has 19 heavy (non-hydrogen) atoms. The van der Waals surface area contributed by atoms with Gasteiger partial charge >= 0.3 is 5.97 Å². The van der Waals surface area contributed by atoms with Gasteiger partial charge in [-0.05, 0) is 30.7 Å². The van der Waals surface area contributed by atoms with E-state index >= 15 is 0 Å². The molecule has 6 heteroatoms. The summed E-state index contributed by atoms with van der Waals surface area (Å²) in [5, 5.41) is 11.7. The molecule has 0 aliphatic rings. The summed E-state index contributed by atoms with van der Waals surface area (Å²) >= 11 is 0. The van der Waals surface area contributed by atoms with Gasteiger partial charge in [-0.3, -0.25) is 9.59 Å². The fourth-order valence-corrected chi connectivity index (χ4v) is 1.76. The van der Waals surface area contributed by atoms with E-state index in [0.717, 1.165) is 0 Å². The van der Waals surface area contributed by atoms with E-state index in [-0.39, 0.29) is 24.7 Å². The van der Waals surface area contributed by atoms with Gasteiger partial charge in [0.25, 0.3) is 5.91 Å². The van der Waals surface area contributed by atoms with Crippen LogP contribution in [0.2, 0.25) is 0 Å². The highest BCUT2D eigenvalue weighted by Crippen LogP contribution is 2.16. The van der Waals surface area contributed by atoms with Crippen LogP contribution in [0, 0.1) is 5.82 Å². The first kappa shape index (κ1) is 13.1. The Balaban J connectivity index is 1.99. The van der Waals surface area contributed by atoms with Gasteiger partial charge in [0, 0.05) is 23.9 Å². The highest BCUT2D eigenvalue weighted by atomic mass is 19.1. The van der Waals surface area contributed by atoms with Gasteiger partial charge in [-0.15, -0.1) is 0 Å². The van der Waals surface area contributed by atoms with E-state index < -0.39 is 5.97 Å². The second kappa shape index (κ2) is 5.51. The second-order valence-electron chi connectivity index (χ2n) is 4.17. The maximum atomic E-state index is 13.0. The number of benzene rings is 1. The number of aromatic amines is 1. The van der Waals surface area contributed by atoms with Gasteiger partial charge in [-0.25, -0.2) is 4.39 Å². The van der Waals surface area contributed by atoms with Crippen LogP contribution in [0.1, 0.15) is 23.3 Å². The predicted molar refractivity (Wildman–Crippen MR) is 67.5 cm³/mol. The van der Waals surface area contributed by atoms with Crippen LogP contribution in [0.3, 0.4) is 0 Å². The van der Waals surface area contributed by atoms with Crippen LogP contribution in [0.25, 0.3) is 10.9 Å². The molecule has 0 radical (unpaired) electrons. The standard InChI is InChI=1S/C13H13FN2O3/c14-9-3-4-10-8(6-9)7-11(16-10)13(19)15-5-1-2-12(17)18/h3-4,6-7,16H,1-2,5H2,(H,15,19)(H,17,18). The summed E-state index contributed by atoms with van der Waals surface area (Å²) in [4.78, 5) is 24.9. The van der Waals surface area contributed by atoms with Crippen LogP contribution in [-0.4, -0.2) is 28.5 Å². The largest absolute Gasteiger partial charge is 0.481 e. The van der Waals surface area contributed by atoms with E-state index in [1.807, 2.05) is 0 Å². The van der Waals surface area contributed by atoms with Crippen molar-refractivity contribution in [1.29, 1.82) is 0 Å². The fraction of sp³-hybridized carbons (Fsp3) is 0.231. The summed E-state index contributed by atoms with van der Waals surface area (Å²) in [5.74, 6) is -1.59. The zero-order valence-electron chi connectivity index (χ0n) is 10.1. The van der Waals surface area contributed by atoms with E-state index in [1.54, 1.807) is 12.1 Å². The summed E-state index contributed by atoms with van der Waals surface area (Å²) in [6.45, 7) is 0.287. The first-order valence-electron chi connectivity index (χ1n) is 5.84. The molecule has 0 saturated carbocycles. The van der Waals surface area contributed by atoms with Crippen molar-refractivity contribution in [2.24, 2.45) is 0 Å². The maximum absolute atomic E-state index is 13.0. The molecule has 3 N–H and O–H groups in total. The van der Waals surface area contributed by atoms with Crippen molar-refractivity contribution < 1.29 is 19.1 Å². The normalized spacial score (nSPS) is 10.6. The van der Waals surface area contributed by atoms with Crippen molar-refractivity contribution >= 4 is 22.8 Å². The molecular formula is C13H13FN2O3. The Bertz CT molecular complexity index is 621. The number of hydrogen-bond donors (Lipinski definition) is 3. The number of nitrogens with one attached hydrogen (secondary N) is 2. The minimum absolute atomic E-state index is 0.0121. The lowest BCUT2D eigenvalue weighted by molar-refractivity contribution is -0.137. The molecule has 0 fully saturated rings. The van der Waals surface area contributed by atoms with Gasteiger partial charge < -0.3 is 15.4 Å². The molecule has 5 nitrogen and oxygen atoms in total. The number of carboxylic acid groups (broad SMARTS) is 1. The van der Waals surface area contributed by atoms with Crippen LogP contribution in [0.15, 0.2) is 24.3 Å². The Labute approximate surface area is 108 Å². The molecule has 0 saturated heterocycles. The summed E-state index contributed by atoms with van der Waals surface area (Å²) in [7, 11) is 0. The van der Waals surface area contributed by atoms with E-state index in [0.29, 0.717) is 23.0 Å². The van der Waals surface area contributed by atoms with Gasteiger partial charge in [-0.1, -0.05) is 0 Å². The maximum Gasteiger partial charge on any atom is 0.303 e. The van der Waals surface area contributed by atoms with Crippen LogP contribution < -0.4 is 5.32 Å².